The number of hydrogen-bond acceptors (Lipinski definition) is 3. The Morgan fingerprint density at radius 1 is 1.35 bits per heavy atom. The summed E-state index contributed by atoms with van der Waals surface area (Å²) in [7, 11) is 0. The van der Waals surface area contributed by atoms with Crippen LogP contribution >= 0.6 is 0 Å². The number of ether oxygens (including phenoxy) is 1. The Labute approximate surface area is 120 Å². The zero-order valence-corrected chi connectivity index (χ0v) is 12.6. The molecule has 6 nitrogen and oxygen atoms in total. The van der Waals surface area contributed by atoms with Gasteiger partial charge in [-0.15, -0.1) is 0 Å². The third-order valence-corrected chi connectivity index (χ3v) is 3.79. The van der Waals surface area contributed by atoms with Gasteiger partial charge in [-0.3, -0.25) is 0 Å². The molecule has 0 aromatic heterocycles. The summed E-state index contributed by atoms with van der Waals surface area (Å²) in [5.74, 6) is -1.02. The van der Waals surface area contributed by atoms with Gasteiger partial charge in [0, 0.05) is 13.1 Å². The van der Waals surface area contributed by atoms with Crippen molar-refractivity contribution in [2.45, 2.75) is 58.1 Å². The minimum absolute atomic E-state index is 0.324. The van der Waals surface area contributed by atoms with Crippen molar-refractivity contribution < 1.29 is 19.4 Å². The van der Waals surface area contributed by atoms with E-state index < -0.39 is 11.5 Å². The fourth-order valence-corrected chi connectivity index (χ4v) is 2.44. The summed E-state index contributed by atoms with van der Waals surface area (Å²) in [5, 5.41) is 11.9. The van der Waals surface area contributed by atoms with Crippen molar-refractivity contribution in [3.63, 3.8) is 0 Å². The molecule has 1 aliphatic rings. The summed E-state index contributed by atoms with van der Waals surface area (Å²) in [6.45, 7) is 6.03. The molecule has 116 valence electrons. The van der Waals surface area contributed by atoms with Crippen LogP contribution in [-0.2, 0) is 9.53 Å². The largest absolute Gasteiger partial charge is 0.480 e. The molecule has 0 aromatic rings. The van der Waals surface area contributed by atoms with Crippen molar-refractivity contribution in [1.29, 1.82) is 0 Å². The topological polar surface area (TPSA) is 78.9 Å². The summed E-state index contributed by atoms with van der Waals surface area (Å²) in [5.41, 5.74) is -1.22. The molecule has 0 saturated heterocycles. The standard InChI is InChI=1S/C14H26N2O4/c1-4-16(14(2,3)12(17)18)13(19)15-9-10-20-11-7-5-6-8-11/h11H,4-10H2,1-3H3,(H,15,19)(H,17,18). The minimum atomic E-state index is -1.22. The van der Waals surface area contributed by atoms with E-state index in [-0.39, 0.29) is 6.03 Å². The lowest BCUT2D eigenvalue weighted by Gasteiger charge is -2.34. The van der Waals surface area contributed by atoms with Gasteiger partial charge in [0.2, 0.25) is 0 Å². The number of nitrogens with one attached hydrogen (secondary N) is 1. The number of nitrogens with zero attached hydrogens (tertiary/aromatic N) is 1. The van der Waals surface area contributed by atoms with Gasteiger partial charge in [0.15, 0.2) is 0 Å². The molecule has 0 aliphatic heterocycles. The number of amides is 2. The smallest absolute Gasteiger partial charge is 0.329 e. The van der Waals surface area contributed by atoms with Crippen LogP contribution in [0.2, 0.25) is 0 Å². The number of hydrogen-bond donors (Lipinski definition) is 2. The van der Waals surface area contributed by atoms with Gasteiger partial charge in [-0.25, -0.2) is 9.59 Å². The van der Waals surface area contributed by atoms with E-state index in [0.29, 0.717) is 25.8 Å². The van der Waals surface area contributed by atoms with E-state index in [0.717, 1.165) is 12.8 Å². The van der Waals surface area contributed by atoms with Crippen LogP contribution in [0.5, 0.6) is 0 Å². The lowest BCUT2D eigenvalue weighted by Crippen LogP contribution is -2.56. The van der Waals surface area contributed by atoms with Gasteiger partial charge in [-0.2, -0.15) is 0 Å². The highest BCUT2D eigenvalue weighted by Crippen LogP contribution is 2.20. The van der Waals surface area contributed by atoms with E-state index in [1.54, 1.807) is 6.92 Å². The van der Waals surface area contributed by atoms with E-state index in [9.17, 15) is 9.59 Å². The van der Waals surface area contributed by atoms with Crippen LogP contribution in [0.15, 0.2) is 0 Å². The average Bonchev–Trinajstić information content (AvgIpc) is 2.88. The number of likely N-dealkylation sites (N-methyl/N-ethyl adjacent to an activating group) is 1. The summed E-state index contributed by atoms with van der Waals surface area (Å²) in [6.07, 6.45) is 4.95. The predicted molar refractivity (Wildman–Crippen MR) is 75.7 cm³/mol. The van der Waals surface area contributed by atoms with Crippen LogP contribution in [0.25, 0.3) is 0 Å². The third-order valence-electron chi connectivity index (χ3n) is 3.79. The fourth-order valence-electron chi connectivity index (χ4n) is 2.44. The average molecular weight is 286 g/mol. The molecule has 0 heterocycles. The first kappa shape index (κ1) is 16.8. The van der Waals surface area contributed by atoms with Gasteiger partial charge in [0.25, 0.3) is 0 Å². The zero-order chi connectivity index (χ0) is 15.2. The molecular formula is C14H26N2O4. The number of rotatable bonds is 7. The van der Waals surface area contributed by atoms with Gasteiger partial charge in [0.1, 0.15) is 5.54 Å². The Bertz CT molecular complexity index is 338. The van der Waals surface area contributed by atoms with Crippen LogP contribution in [0, 0.1) is 0 Å². The summed E-state index contributed by atoms with van der Waals surface area (Å²) in [6, 6.07) is -0.366. The highest BCUT2D eigenvalue weighted by molar-refractivity contribution is 5.85. The van der Waals surface area contributed by atoms with Gasteiger partial charge in [0.05, 0.1) is 12.7 Å². The number of carboxylic acids is 1. The number of carboxylic acid groups (broad SMARTS) is 1. The molecule has 6 heteroatoms. The highest BCUT2D eigenvalue weighted by atomic mass is 16.5. The van der Waals surface area contributed by atoms with Crippen molar-refractivity contribution >= 4 is 12.0 Å². The second-order valence-corrected chi connectivity index (χ2v) is 5.62. The first-order valence-electron chi connectivity index (χ1n) is 7.30. The second-order valence-electron chi connectivity index (χ2n) is 5.62. The molecule has 0 unspecified atom stereocenters. The molecule has 1 fully saturated rings. The number of carbonyl (C=O) groups is 2. The molecule has 0 spiro atoms. The van der Waals surface area contributed by atoms with Crippen LogP contribution in [0.1, 0.15) is 46.5 Å². The predicted octanol–water partition coefficient (Wildman–Crippen LogP) is 1.84. The lowest BCUT2D eigenvalue weighted by atomic mass is 10.0. The Morgan fingerprint density at radius 2 is 1.95 bits per heavy atom. The van der Waals surface area contributed by atoms with Crippen LogP contribution in [0.4, 0.5) is 4.79 Å². The maximum atomic E-state index is 12.0. The number of urea groups is 1. The monoisotopic (exact) mass is 286 g/mol. The van der Waals surface area contributed by atoms with Gasteiger partial charge < -0.3 is 20.1 Å². The molecule has 1 saturated carbocycles. The molecular weight excluding hydrogens is 260 g/mol. The van der Waals surface area contributed by atoms with Crippen molar-refractivity contribution in [3.05, 3.63) is 0 Å². The van der Waals surface area contributed by atoms with Gasteiger partial charge in [-0.1, -0.05) is 12.8 Å². The van der Waals surface area contributed by atoms with Gasteiger partial charge in [-0.05, 0) is 33.6 Å². The Morgan fingerprint density at radius 3 is 2.45 bits per heavy atom. The van der Waals surface area contributed by atoms with E-state index in [4.69, 9.17) is 9.84 Å². The Kier molecular flexibility index (Phi) is 6.26. The van der Waals surface area contributed by atoms with Crippen LogP contribution in [0.3, 0.4) is 0 Å². The molecule has 1 aliphatic carbocycles. The molecule has 0 radical (unpaired) electrons. The normalized spacial score (nSPS) is 16.1. The third kappa shape index (κ3) is 4.37. The first-order valence-corrected chi connectivity index (χ1v) is 7.30. The molecule has 0 atom stereocenters. The van der Waals surface area contributed by atoms with Crippen LogP contribution < -0.4 is 5.32 Å². The summed E-state index contributed by atoms with van der Waals surface area (Å²) in [4.78, 5) is 24.5. The molecule has 0 aromatic carbocycles. The molecule has 1 rings (SSSR count). The van der Waals surface area contributed by atoms with E-state index >= 15 is 0 Å². The quantitative estimate of drug-likeness (QED) is 0.700. The lowest BCUT2D eigenvalue weighted by molar-refractivity contribution is -0.147. The van der Waals surface area contributed by atoms with E-state index in [1.165, 1.54) is 31.6 Å². The van der Waals surface area contributed by atoms with Crippen molar-refractivity contribution in [2.24, 2.45) is 0 Å². The summed E-state index contributed by atoms with van der Waals surface area (Å²) < 4.78 is 5.65. The maximum Gasteiger partial charge on any atom is 0.329 e. The SMILES string of the molecule is CCN(C(=O)NCCOC1CCCC1)C(C)(C)C(=O)O. The fraction of sp³-hybridized carbons (Fsp3) is 0.857. The minimum Gasteiger partial charge on any atom is -0.480 e. The van der Waals surface area contributed by atoms with Crippen molar-refractivity contribution in [1.82, 2.24) is 10.2 Å². The second kappa shape index (κ2) is 7.47. The Hall–Kier alpha value is -1.30. The number of aliphatic carboxylic acids is 1. The summed E-state index contributed by atoms with van der Waals surface area (Å²) >= 11 is 0. The molecule has 2 N–H and O–H groups in total. The van der Waals surface area contributed by atoms with Crippen molar-refractivity contribution in [2.75, 3.05) is 19.7 Å². The molecule has 2 amide bonds. The number of carbonyl (C=O) groups excluding carboxylic acids is 1. The van der Waals surface area contributed by atoms with Crippen molar-refractivity contribution in [3.8, 4) is 0 Å². The Balaban J connectivity index is 2.34. The molecule has 20 heavy (non-hydrogen) atoms. The van der Waals surface area contributed by atoms with Crippen LogP contribution in [-0.4, -0.2) is 53.3 Å². The zero-order valence-electron chi connectivity index (χ0n) is 12.6. The van der Waals surface area contributed by atoms with Gasteiger partial charge >= 0.3 is 12.0 Å². The van der Waals surface area contributed by atoms with E-state index in [1.807, 2.05) is 0 Å². The molecule has 0 bridgehead atoms. The maximum absolute atomic E-state index is 12.0. The highest BCUT2D eigenvalue weighted by Gasteiger charge is 2.36. The van der Waals surface area contributed by atoms with E-state index in [2.05, 4.69) is 5.32 Å². The first-order chi connectivity index (χ1) is 9.39.